The minimum atomic E-state index is -0.00947. The van der Waals surface area contributed by atoms with Gasteiger partial charge in [0.2, 0.25) is 5.91 Å². The maximum atomic E-state index is 12.1. The lowest BCUT2D eigenvalue weighted by Gasteiger charge is -2.35. The predicted molar refractivity (Wildman–Crippen MR) is 75.9 cm³/mol. The smallest absolute Gasteiger partial charge is 0.317 e. The summed E-state index contributed by atoms with van der Waals surface area (Å²) < 4.78 is 0. The Hall–Kier alpha value is -1.26. The van der Waals surface area contributed by atoms with Crippen molar-refractivity contribution in [3.05, 3.63) is 0 Å². The second-order valence-electron chi connectivity index (χ2n) is 6.34. The molecule has 0 bridgehead atoms. The van der Waals surface area contributed by atoms with E-state index >= 15 is 0 Å². The maximum absolute atomic E-state index is 12.1. The van der Waals surface area contributed by atoms with Crippen molar-refractivity contribution in [3.8, 4) is 0 Å². The lowest BCUT2D eigenvalue weighted by Crippen LogP contribution is -2.53. The van der Waals surface area contributed by atoms with E-state index in [0.29, 0.717) is 39.1 Å². The first-order valence-electron chi connectivity index (χ1n) is 7.14. The molecule has 1 rings (SSSR count). The molecule has 3 amide bonds. The predicted octanol–water partition coefficient (Wildman–Crippen LogP) is 1.69. The molecular weight excluding hydrogens is 242 g/mol. The highest BCUT2D eigenvalue weighted by atomic mass is 16.2. The second kappa shape index (κ2) is 6.78. The molecule has 0 spiro atoms. The van der Waals surface area contributed by atoms with Crippen molar-refractivity contribution in [1.29, 1.82) is 0 Å². The lowest BCUT2D eigenvalue weighted by atomic mass is 9.91. The first-order valence-corrected chi connectivity index (χ1v) is 7.14. The summed E-state index contributed by atoms with van der Waals surface area (Å²) in [5.41, 5.74) is 0.0206. The van der Waals surface area contributed by atoms with Gasteiger partial charge in [-0.25, -0.2) is 4.79 Å². The molecule has 0 unspecified atom stereocenters. The van der Waals surface area contributed by atoms with Crippen molar-refractivity contribution in [2.24, 2.45) is 5.41 Å². The standard InChI is InChI=1S/C14H27N3O2/c1-5-6-15-13(19)17-9-7-16(8-10-17)12(18)11-14(2,3)4/h5-11H2,1-4H3,(H,15,19). The normalized spacial score (nSPS) is 16.4. The molecule has 19 heavy (non-hydrogen) atoms. The van der Waals surface area contributed by atoms with Gasteiger partial charge in [-0.2, -0.15) is 0 Å². The number of hydrogen-bond donors (Lipinski definition) is 1. The number of amides is 3. The van der Waals surface area contributed by atoms with Gasteiger partial charge in [-0.1, -0.05) is 27.7 Å². The molecule has 1 heterocycles. The average molecular weight is 269 g/mol. The Morgan fingerprint density at radius 3 is 2.05 bits per heavy atom. The first kappa shape index (κ1) is 15.8. The van der Waals surface area contributed by atoms with Crippen LogP contribution in [0.15, 0.2) is 0 Å². The van der Waals surface area contributed by atoms with Gasteiger partial charge in [0.1, 0.15) is 0 Å². The fraction of sp³-hybridized carbons (Fsp3) is 0.857. The monoisotopic (exact) mass is 269 g/mol. The molecule has 0 saturated carbocycles. The van der Waals surface area contributed by atoms with E-state index in [4.69, 9.17) is 0 Å². The van der Waals surface area contributed by atoms with E-state index in [1.54, 1.807) is 4.90 Å². The molecule has 1 aliphatic rings. The van der Waals surface area contributed by atoms with Crippen LogP contribution in [0.3, 0.4) is 0 Å². The van der Waals surface area contributed by atoms with E-state index in [1.807, 2.05) is 11.8 Å². The summed E-state index contributed by atoms with van der Waals surface area (Å²) in [6.45, 7) is 11.5. The largest absolute Gasteiger partial charge is 0.339 e. The van der Waals surface area contributed by atoms with Crippen LogP contribution in [-0.2, 0) is 4.79 Å². The lowest BCUT2D eigenvalue weighted by molar-refractivity contribution is -0.134. The van der Waals surface area contributed by atoms with Gasteiger partial charge in [-0.05, 0) is 11.8 Å². The van der Waals surface area contributed by atoms with E-state index in [1.165, 1.54) is 0 Å². The molecule has 110 valence electrons. The average Bonchev–Trinajstić information content (AvgIpc) is 2.34. The summed E-state index contributed by atoms with van der Waals surface area (Å²) in [5, 5.41) is 2.87. The van der Waals surface area contributed by atoms with Crippen LogP contribution in [0, 0.1) is 5.41 Å². The van der Waals surface area contributed by atoms with Crippen LogP contribution in [0.2, 0.25) is 0 Å². The Bertz CT molecular complexity index is 315. The molecule has 0 atom stereocenters. The van der Waals surface area contributed by atoms with Gasteiger partial charge in [0.15, 0.2) is 0 Å². The molecule has 1 N–H and O–H groups in total. The van der Waals surface area contributed by atoms with Crippen LogP contribution < -0.4 is 5.32 Å². The second-order valence-corrected chi connectivity index (χ2v) is 6.34. The first-order chi connectivity index (χ1) is 8.83. The Morgan fingerprint density at radius 2 is 1.58 bits per heavy atom. The number of nitrogens with one attached hydrogen (secondary N) is 1. The van der Waals surface area contributed by atoms with Gasteiger partial charge in [0.25, 0.3) is 0 Å². The summed E-state index contributed by atoms with van der Waals surface area (Å²) in [6, 6.07) is -0.00947. The van der Waals surface area contributed by atoms with Gasteiger partial charge in [-0.3, -0.25) is 4.79 Å². The Morgan fingerprint density at radius 1 is 1.05 bits per heavy atom. The third-order valence-corrected chi connectivity index (χ3v) is 3.13. The molecule has 0 radical (unpaired) electrons. The van der Waals surface area contributed by atoms with Crippen LogP contribution in [0.5, 0.6) is 0 Å². The van der Waals surface area contributed by atoms with E-state index in [-0.39, 0.29) is 17.4 Å². The highest BCUT2D eigenvalue weighted by Gasteiger charge is 2.26. The van der Waals surface area contributed by atoms with Crippen LogP contribution in [0.1, 0.15) is 40.5 Å². The Labute approximate surface area is 116 Å². The van der Waals surface area contributed by atoms with Crippen molar-refractivity contribution in [2.75, 3.05) is 32.7 Å². The van der Waals surface area contributed by atoms with Crippen molar-refractivity contribution >= 4 is 11.9 Å². The fourth-order valence-electron chi connectivity index (χ4n) is 2.07. The van der Waals surface area contributed by atoms with Crippen molar-refractivity contribution in [1.82, 2.24) is 15.1 Å². The number of nitrogens with zero attached hydrogens (tertiary/aromatic N) is 2. The molecule has 0 aliphatic carbocycles. The SMILES string of the molecule is CCCNC(=O)N1CCN(C(=O)CC(C)(C)C)CC1. The number of urea groups is 1. The van der Waals surface area contributed by atoms with Crippen LogP contribution >= 0.6 is 0 Å². The summed E-state index contributed by atoms with van der Waals surface area (Å²) >= 11 is 0. The van der Waals surface area contributed by atoms with Crippen molar-refractivity contribution in [2.45, 2.75) is 40.5 Å². The maximum Gasteiger partial charge on any atom is 0.317 e. The third-order valence-electron chi connectivity index (χ3n) is 3.13. The molecule has 5 nitrogen and oxygen atoms in total. The summed E-state index contributed by atoms with van der Waals surface area (Å²) in [7, 11) is 0. The summed E-state index contributed by atoms with van der Waals surface area (Å²) in [5.74, 6) is 0.195. The number of carbonyl (C=O) groups excluding carboxylic acids is 2. The van der Waals surface area contributed by atoms with Crippen LogP contribution in [-0.4, -0.2) is 54.5 Å². The van der Waals surface area contributed by atoms with Gasteiger partial charge in [0.05, 0.1) is 0 Å². The molecule has 1 saturated heterocycles. The van der Waals surface area contributed by atoms with Crippen molar-refractivity contribution < 1.29 is 9.59 Å². The molecule has 0 aromatic carbocycles. The summed E-state index contributed by atoms with van der Waals surface area (Å²) in [6.07, 6.45) is 1.50. The highest BCUT2D eigenvalue weighted by Crippen LogP contribution is 2.20. The topological polar surface area (TPSA) is 52.7 Å². The number of piperazine rings is 1. The van der Waals surface area contributed by atoms with E-state index in [0.717, 1.165) is 6.42 Å². The quantitative estimate of drug-likeness (QED) is 0.847. The van der Waals surface area contributed by atoms with Gasteiger partial charge < -0.3 is 15.1 Å². The minimum absolute atomic E-state index is 0.00947. The third kappa shape index (κ3) is 5.49. The van der Waals surface area contributed by atoms with Gasteiger partial charge in [-0.15, -0.1) is 0 Å². The van der Waals surface area contributed by atoms with Gasteiger partial charge in [0, 0.05) is 39.1 Å². The molecular formula is C14H27N3O2. The van der Waals surface area contributed by atoms with Crippen molar-refractivity contribution in [3.63, 3.8) is 0 Å². The Kier molecular flexibility index (Phi) is 5.63. The molecule has 1 aliphatic heterocycles. The molecule has 0 aromatic rings. The molecule has 0 aromatic heterocycles. The van der Waals surface area contributed by atoms with Crippen LogP contribution in [0.25, 0.3) is 0 Å². The zero-order chi connectivity index (χ0) is 14.5. The summed E-state index contributed by atoms with van der Waals surface area (Å²) in [4.78, 5) is 27.5. The molecule has 1 fully saturated rings. The van der Waals surface area contributed by atoms with E-state index in [2.05, 4.69) is 26.1 Å². The van der Waals surface area contributed by atoms with E-state index in [9.17, 15) is 9.59 Å². The minimum Gasteiger partial charge on any atom is -0.339 e. The highest BCUT2D eigenvalue weighted by molar-refractivity contribution is 5.78. The number of carbonyl (C=O) groups is 2. The van der Waals surface area contributed by atoms with Gasteiger partial charge >= 0.3 is 6.03 Å². The Balaban J connectivity index is 2.36. The zero-order valence-corrected chi connectivity index (χ0v) is 12.7. The van der Waals surface area contributed by atoms with Crippen LogP contribution in [0.4, 0.5) is 4.79 Å². The zero-order valence-electron chi connectivity index (χ0n) is 12.7. The fourth-order valence-corrected chi connectivity index (χ4v) is 2.07. The molecule has 5 heteroatoms. The van der Waals surface area contributed by atoms with E-state index < -0.39 is 0 Å². The number of rotatable bonds is 3. The number of hydrogen-bond acceptors (Lipinski definition) is 2.